The van der Waals surface area contributed by atoms with Gasteiger partial charge in [0.1, 0.15) is 19.3 Å². The molecular weight excluding hydrogens is 1260 g/mol. The molecule has 0 saturated heterocycles. The molecule has 0 aliphatic heterocycles. The molecule has 0 aromatic carbocycles. The third kappa shape index (κ3) is 69.2. The van der Waals surface area contributed by atoms with Crippen molar-refractivity contribution in [3.63, 3.8) is 0 Å². The van der Waals surface area contributed by atoms with Crippen LogP contribution < -0.4 is 0 Å². The van der Waals surface area contributed by atoms with Crippen molar-refractivity contribution in [2.24, 2.45) is 17.8 Å². The average Bonchev–Trinajstić information content (AvgIpc) is 1.26. The lowest BCUT2D eigenvalue weighted by atomic mass is 9.99. The standard InChI is InChI=1S/C77H150O17P2/c1-8-10-11-12-34-44-51-58-74(79)87-64-72(94-77(82)61-54-47-40-33-36-42-49-56-69(5)6)66-91-95(83,84)89-62-71(78)63-90-96(85,86)92-67-73(65-88-75(80)59-52-45-38-31-27-23-20-19-21-25-29-35-41-48-55-68(3)4)93-76(81)60-53-46-39-32-28-24-18-16-14-13-15-17-22-26-30-37-43-50-57-70(7)9-2/h68-73,78H,8-67H2,1-7H3,(H,83,84)(H,85,86)/t70?,71-,72+,73+/m0/s1. The molecule has 3 unspecified atom stereocenters. The number of rotatable bonds is 75. The Morgan fingerprint density at radius 2 is 0.531 bits per heavy atom. The van der Waals surface area contributed by atoms with Crippen molar-refractivity contribution < 1.29 is 80.2 Å². The van der Waals surface area contributed by atoms with Crippen LogP contribution in [0.25, 0.3) is 0 Å². The van der Waals surface area contributed by atoms with Crippen LogP contribution in [0.4, 0.5) is 0 Å². The zero-order valence-corrected chi connectivity index (χ0v) is 64.6. The predicted octanol–water partition coefficient (Wildman–Crippen LogP) is 22.6. The van der Waals surface area contributed by atoms with E-state index in [-0.39, 0.29) is 25.7 Å². The van der Waals surface area contributed by atoms with Crippen LogP contribution in [0.15, 0.2) is 0 Å². The van der Waals surface area contributed by atoms with Crippen LogP contribution in [0.5, 0.6) is 0 Å². The summed E-state index contributed by atoms with van der Waals surface area (Å²) in [6, 6.07) is 0. The second kappa shape index (κ2) is 67.5. The quantitative estimate of drug-likeness (QED) is 0.0222. The molecule has 0 fully saturated rings. The van der Waals surface area contributed by atoms with Gasteiger partial charge in [-0.05, 0) is 43.4 Å². The van der Waals surface area contributed by atoms with Gasteiger partial charge in [-0.25, -0.2) is 9.13 Å². The first-order valence-electron chi connectivity index (χ1n) is 39.9. The van der Waals surface area contributed by atoms with E-state index in [1.54, 1.807) is 0 Å². The molecule has 0 radical (unpaired) electrons. The number of carbonyl (C=O) groups excluding carboxylic acids is 4. The van der Waals surface area contributed by atoms with E-state index in [1.807, 2.05) is 0 Å². The van der Waals surface area contributed by atoms with Crippen molar-refractivity contribution in [3.05, 3.63) is 0 Å². The highest BCUT2D eigenvalue weighted by Gasteiger charge is 2.30. The minimum atomic E-state index is -4.96. The second-order valence-corrected chi connectivity index (χ2v) is 31.8. The average molecular weight is 1410 g/mol. The SMILES string of the molecule is CCCCCCCCCC(=O)OC[C@H](COP(=O)(O)OC[C@H](O)COP(=O)(O)OC[C@@H](COC(=O)CCCCCCCCCCCCCCCCC(C)C)OC(=O)CCCCCCCCCCCCCCCCCCCCC(C)CC)OC(=O)CCCCCCCCCC(C)C. The van der Waals surface area contributed by atoms with Crippen molar-refractivity contribution in [2.45, 2.75) is 414 Å². The number of ether oxygens (including phenoxy) is 4. The number of hydrogen-bond donors (Lipinski definition) is 3. The van der Waals surface area contributed by atoms with Gasteiger partial charge in [0.15, 0.2) is 12.2 Å². The molecule has 0 saturated carbocycles. The van der Waals surface area contributed by atoms with Gasteiger partial charge in [0.2, 0.25) is 0 Å². The number of aliphatic hydroxyl groups excluding tert-OH is 1. The molecule has 19 heteroatoms. The van der Waals surface area contributed by atoms with Crippen molar-refractivity contribution in [1.82, 2.24) is 0 Å². The van der Waals surface area contributed by atoms with Gasteiger partial charge in [-0.3, -0.25) is 37.3 Å². The molecule has 0 aromatic heterocycles. The Balaban J connectivity index is 5.15. The first-order valence-corrected chi connectivity index (χ1v) is 42.9. The molecule has 0 aliphatic rings. The number of phosphoric acid groups is 2. The largest absolute Gasteiger partial charge is 0.472 e. The van der Waals surface area contributed by atoms with Crippen LogP contribution in [0.2, 0.25) is 0 Å². The van der Waals surface area contributed by atoms with E-state index in [4.69, 9.17) is 37.0 Å². The molecule has 0 spiro atoms. The normalized spacial score (nSPS) is 14.3. The van der Waals surface area contributed by atoms with Crippen LogP contribution >= 0.6 is 15.6 Å². The van der Waals surface area contributed by atoms with Crippen molar-refractivity contribution >= 4 is 39.5 Å². The Kier molecular flexibility index (Phi) is 66.2. The van der Waals surface area contributed by atoms with Gasteiger partial charge >= 0.3 is 39.5 Å². The molecule has 0 aromatic rings. The summed E-state index contributed by atoms with van der Waals surface area (Å²) >= 11 is 0. The van der Waals surface area contributed by atoms with Crippen molar-refractivity contribution in [2.75, 3.05) is 39.6 Å². The zero-order chi connectivity index (χ0) is 70.9. The Morgan fingerprint density at radius 3 is 0.792 bits per heavy atom. The lowest BCUT2D eigenvalue weighted by Crippen LogP contribution is -2.30. The third-order valence-electron chi connectivity index (χ3n) is 18.2. The Hall–Kier alpha value is -1.94. The Labute approximate surface area is 588 Å². The molecule has 17 nitrogen and oxygen atoms in total. The van der Waals surface area contributed by atoms with Gasteiger partial charge in [0.25, 0.3) is 0 Å². The molecule has 570 valence electrons. The summed E-state index contributed by atoms with van der Waals surface area (Å²) in [4.78, 5) is 72.6. The highest BCUT2D eigenvalue weighted by atomic mass is 31.2. The third-order valence-corrected chi connectivity index (χ3v) is 20.1. The topological polar surface area (TPSA) is 237 Å². The molecule has 6 atom stereocenters. The van der Waals surface area contributed by atoms with Gasteiger partial charge in [-0.1, -0.05) is 344 Å². The van der Waals surface area contributed by atoms with Crippen molar-refractivity contribution in [3.8, 4) is 0 Å². The van der Waals surface area contributed by atoms with Crippen LogP contribution in [-0.4, -0.2) is 96.7 Å². The second-order valence-electron chi connectivity index (χ2n) is 28.9. The zero-order valence-electron chi connectivity index (χ0n) is 62.8. The summed E-state index contributed by atoms with van der Waals surface area (Å²) < 4.78 is 68.4. The lowest BCUT2D eigenvalue weighted by molar-refractivity contribution is -0.161. The number of aliphatic hydroxyl groups is 1. The fourth-order valence-electron chi connectivity index (χ4n) is 11.7. The smallest absolute Gasteiger partial charge is 0.462 e. The van der Waals surface area contributed by atoms with Gasteiger partial charge in [0, 0.05) is 25.7 Å². The summed E-state index contributed by atoms with van der Waals surface area (Å²) in [7, 11) is -9.91. The molecule has 3 N–H and O–H groups in total. The highest BCUT2D eigenvalue weighted by molar-refractivity contribution is 7.47. The van der Waals surface area contributed by atoms with E-state index in [0.29, 0.717) is 31.6 Å². The molecule has 0 rings (SSSR count). The van der Waals surface area contributed by atoms with Crippen molar-refractivity contribution in [1.29, 1.82) is 0 Å². The van der Waals surface area contributed by atoms with E-state index >= 15 is 0 Å². The molecule has 96 heavy (non-hydrogen) atoms. The van der Waals surface area contributed by atoms with Gasteiger partial charge in [-0.15, -0.1) is 0 Å². The molecule has 0 amide bonds. The van der Waals surface area contributed by atoms with Gasteiger partial charge in [0.05, 0.1) is 26.4 Å². The fourth-order valence-corrected chi connectivity index (χ4v) is 13.3. The van der Waals surface area contributed by atoms with E-state index in [2.05, 4.69) is 48.5 Å². The van der Waals surface area contributed by atoms with Gasteiger partial charge in [-0.2, -0.15) is 0 Å². The monoisotopic (exact) mass is 1410 g/mol. The van der Waals surface area contributed by atoms with Crippen LogP contribution in [0, 0.1) is 17.8 Å². The van der Waals surface area contributed by atoms with Gasteiger partial charge < -0.3 is 33.8 Å². The van der Waals surface area contributed by atoms with E-state index in [1.165, 1.54) is 193 Å². The fraction of sp³-hybridized carbons (Fsp3) is 0.948. The summed E-state index contributed by atoms with van der Waals surface area (Å²) in [5.41, 5.74) is 0. The summed E-state index contributed by atoms with van der Waals surface area (Å²) in [6.07, 6.45) is 54.5. The minimum absolute atomic E-state index is 0.103. The maximum absolute atomic E-state index is 13.1. The molecule has 0 bridgehead atoms. The maximum Gasteiger partial charge on any atom is 0.472 e. The first kappa shape index (κ1) is 94.1. The number of unbranched alkanes of at least 4 members (excludes halogenated alkanes) is 42. The van der Waals surface area contributed by atoms with E-state index in [0.717, 1.165) is 115 Å². The summed E-state index contributed by atoms with van der Waals surface area (Å²) in [6.45, 7) is 11.9. The van der Waals surface area contributed by atoms with Crippen LogP contribution in [0.3, 0.4) is 0 Å². The summed E-state index contributed by atoms with van der Waals surface area (Å²) in [5, 5.41) is 10.6. The highest BCUT2D eigenvalue weighted by Crippen LogP contribution is 2.45. The molecule has 0 aliphatic carbocycles. The number of hydrogen-bond acceptors (Lipinski definition) is 15. The Morgan fingerprint density at radius 1 is 0.302 bits per heavy atom. The van der Waals surface area contributed by atoms with Crippen LogP contribution in [0.1, 0.15) is 395 Å². The predicted molar refractivity (Wildman–Crippen MR) is 391 cm³/mol. The minimum Gasteiger partial charge on any atom is -0.462 e. The van der Waals surface area contributed by atoms with E-state index in [9.17, 15) is 43.2 Å². The number of carbonyl (C=O) groups is 4. The van der Waals surface area contributed by atoms with Crippen LogP contribution in [-0.2, 0) is 65.4 Å². The Bertz CT molecular complexity index is 1870. The maximum atomic E-state index is 13.1. The van der Waals surface area contributed by atoms with E-state index < -0.39 is 97.5 Å². The first-order chi connectivity index (χ1) is 46.3. The molecular formula is C77H150O17P2. The molecule has 0 heterocycles. The number of phosphoric ester groups is 2. The lowest BCUT2D eigenvalue weighted by Gasteiger charge is -2.21. The number of esters is 4. The summed E-state index contributed by atoms with van der Waals surface area (Å²) in [5.74, 6) is 0.242.